The van der Waals surface area contributed by atoms with Crippen molar-refractivity contribution in [3.05, 3.63) is 33.6 Å². The number of carbonyl (C=O) groups is 2. The van der Waals surface area contributed by atoms with Crippen molar-refractivity contribution in [1.82, 2.24) is 29.9 Å². The van der Waals surface area contributed by atoms with Crippen LogP contribution >= 0.6 is 11.3 Å². The second-order valence-electron chi connectivity index (χ2n) is 9.22. The highest BCUT2D eigenvalue weighted by Gasteiger charge is 2.27. The van der Waals surface area contributed by atoms with Crippen molar-refractivity contribution < 1.29 is 9.59 Å². The summed E-state index contributed by atoms with van der Waals surface area (Å²) in [6.07, 6.45) is 2.69. The number of pyridine rings is 1. The Labute approximate surface area is 204 Å². The Bertz CT molecular complexity index is 1190. The Morgan fingerprint density at radius 3 is 2.50 bits per heavy atom. The van der Waals surface area contributed by atoms with Crippen LogP contribution in [0.2, 0.25) is 0 Å². The molecule has 2 amide bonds. The summed E-state index contributed by atoms with van der Waals surface area (Å²) in [6.45, 7) is 14.0. The van der Waals surface area contributed by atoms with Crippen LogP contribution in [0.15, 0.2) is 18.3 Å². The number of fused-ring (bicyclic) bond motifs is 1. The Kier molecular flexibility index (Phi) is 7.33. The molecule has 1 saturated heterocycles. The van der Waals surface area contributed by atoms with Crippen LogP contribution in [0.5, 0.6) is 0 Å². The van der Waals surface area contributed by atoms with E-state index in [2.05, 4.69) is 49.1 Å². The first-order valence-electron chi connectivity index (χ1n) is 12.0. The number of aryl methyl sites for hydroxylation is 2. The molecular weight excluding hydrogens is 448 g/mol. The fourth-order valence-corrected chi connectivity index (χ4v) is 5.33. The predicted molar refractivity (Wildman–Crippen MR) is 136 cm³/mol. The van der Waals surface area contributed by atoms with Gasteiger partial charge in [-0.2, -0.15) is 5.10 Å². The Balaban J connectivity index is 1.60. The van der Waals surface area contributed by atoms with E-state index >= 15 is 0 Å². The highest BCUT2D eigenvalue weighted by atomic mass is 32.1. The molecule has 0 saturated carbocycles. The van der Waals surface area contributed by atoms with Gasteiger partial charge in [0, 0.05) is 54.1 Å². The number of nitrogens with one attached hydrogen (secondary N) is 1. The van der Waals surface area contributed by atoms with Gasteiger partial charge in [0.1, 0.15) is 0 Å². The van der Waals surface area contributed by atoms with Crippen molar-refractivity contribution in [1.29, 1.82) is 0 Å². The molecule has 1 N–H and O–H groups in total. The van der Waals surface area contributed by atoms with Crippen LogP contribution in [0.4, 0.5) is 0 Å². The summed E-state index contributed by atoms with van der Waals surface area (Å²) in [5.74, 6) is 0.0429. The van der Waals surface area contributed by atoms with Crippen LogP contribution in [0.1, 0.15) is 53.3 Å². The van der Waals surface area contributed by atoms with Crippen molar-refractivity contribution in [3.63, 3.8) is 0 Å². The van der Waals surface area contributed by atoms with E-state index in [-0.39, 0.29) is 17.9 Å². The molecule has 0 atom stereocenters. The number of nitrogens with zero attached hydrogens (tertiary/aromatic N) is 5. The highest BCUT2D eigenvalue weighted by Crippen LogP contribution is 2.33. The molecule has 0 bridgehead atoms. The zero-order valence-corrected chi connectivity index (χ0v) is 21.5. The molecule has 0 radical (unpaired) electrons. The molecule has 0 aromatic carbocycles. The van der Waals surface area contributed by atoms with E-state index in [9.17, 15) is 9.59 Å². The van der Waals surface area contributed by atoms with Crippen LogP contribution in [-0.2, 0) is 4.79 Å². The van der Waals surface area contributed by atoms with Gasteiger partial charge in [0.15, 0.2) is 5.65 Å². The first kappa shape index (κ1) is 24.3. The molecular formula is C25H34N6O2S. The Morgan fingerprint density at radius 1 is 1.15 bits per heavy atom. The van der Waals surface area contributed by atoms with Crippen molar-refractivity contribution in [3.8, 4) is 11.3 Å². The van der Waals surface area contributed by atoms with E-state index in [1.54, 1.807) is 17.5 Å². The average Bonchev–Trinajstić information content (AvgIpc) is 3.39. The first-order valence-corrected chi connectivity index (χ1v) is 12.8. The fourth-order valence-electron chi connectivity index (χ4n) is 4.40. The van der Waals surface area contributed by atoms with Gasteiger partial charge in [-0.3, -0.25) is 14.5 Å². The third-order valence-corrected chi connectivity index (χ3v) is 7.17. The van der Waals surface area contributed by atoms with E-state index < -0.39 is 0 Å². The van der Waals surface area contributed by atoms with Gasteiger partial charge in [0.25, 0.3) is 5.91 Å². The second-order valence-corrected chi connectivity index (χ2v) is 10.7. The van der Waals surface area contributed by atoms with Crippen LogP contribution in [0.25, 0.3) is 22.3 Å². The third-order valence-electron chi connectivity index (χ3n) is 6.20. The summed E-state index contributed by atoms with van der Waals surface area (Å²) in [4.78, 5) is 37.1. The van der Waals surface area contributed by atoms with Crippen LogP contribution in [0.3, 0.4) is 0 Å². The van der Waals surface area contributed by atoms with Gasteiger partial charge in [-0.15, -0.1) is 11.3 Å². The van der Waals surface area contributed by atoms with E-state index in [1.165, 1.54) is 9.75 Å². The summed E-state index contributed by atoms with van der Waals surface area (Å²) in [5.41, 5.74) is 3.26. The molecule has 0 spiro atoms. The number of rotatable bonds is 7. The molecule has 4 heterocycles. The largest absolute Gasteiger partial charge is 0.355 e. The molecule has 1 aliphatic rings. The van der Waals surface area contributed by atoms with Gasteiger partial charge in [0.05, 0.1) is 29.4 Å². The molecule has 1 aliphatic heterocycles. The maximum absolute atomic E-state index is 13.7. The van der Waals surface area contributed by atoms with Gasteiger partial charge in [0.2, 0.25) is 5.91 Å². The normalized spacial score (nSPS) is 14.8. The SMILES string of the molecule is CCCNC(=O)CN1CCN(C(=O)c2cc(-c3cc(C)sc3C)nc3c2cnn3C(C)C)CC1. The lowest BCUT2D eigenvalue weighted by atomic mass is 10.1. The quantitative estimate of drug-likeness (QED) is 0.556. The molecule has 3 aromatic heterocycles. The van der Waals surface area contributed by atoms with Crippen LogP contribution < -0.4 is 5.32 Å². The minimum absolute atomic E-state index is 0.00311. The van der Waals surface area contributed by atoms with E-state index in [0.29, 0.717) is 44.8 Å². The lowest BCUT2D eigenvalue weighted by Crippen LogP contribution is -2.51. The molecule has 3 aromatic rings. The number of hydrogen-bond acceptors (Lipinski definition) is 6. The highest BCUT2D eigenvalue weighted by molar-refractivity contribution is 7.12. The van der Waals surface area contributed by atoms with Crippen molar-refractivity contribution >= 4 is 34.2 Å². The number of thiophene rings is 1. The Hall–Kier alpha value is -2.78. The van der Waals surface area contributed by atoms with Crippen molar-refractivity contribution in [2.45, 2.75) is 47.1 Å². The summed E-state index contributed by atoms with van der Waals surface area (Å²) in [6, 6.07) is 4.20. The topological polar surface area (TPSA) is 83.4 Å². The first-order chi connectivity index (χ1) is 16.3. The molecule has 0 aliphatic carbocycles. The molecule has 182 valence electrons. The molecule has 34 heavy (non-hydrogen) atoms. The van der Waals surface area contributed by atoms with Crippen molar-refractivity contribution in [2.75, 3.05) is 39.3 Å². The molecule has 0 unspecified atom stereocenters. The van der Waals surface area contributed by atoms with Crippen LogP contribution in [-0.4, -0.2) is 75.6 Å². The summed E-state index contributed by atoms with van der Waals surface area (Å²) >= 11 is 1.74. The predicted octanol–water partition coefficient (Wildman–Crippen LogP) is 3.64. The maximum atomic E-state index is 13.7. The summed E-state index contributed by atoms with van der Waals surface area (Å²) in [5, 5.41) is 8.26. The van der Waals surface area contributed by atoms with E-state index in [0.717, 1.165) is 28.7 Å². The minimum atomic E-state index is -0.00311. The minimum Gasteiger partial charge on any atom is -0.355 e. The number of hydrogen-bond donors (Lipinski definition) is 1. The second kappa shape index (κ2) is 10.2. The van der Waals surface area contributed by atoms with E-state index in [4.69, 9.17) is 4.98 Å². The van der Waals surface area contributed by atoms with Gasteiger partial charge in [-0.1, -0.05) is 6.92 Å². The number of aromatic nitrogens is 3. The number of piperazine rings is 1. The molecule has 4 rings (SSSR count). The molecule has 1 fully saturated rings. The monoisotopic (exact) mass is 482 g/mol. The lowest BCUT2D eigenvalue weighted by Gasteiger charge is -2.34. The van der Waals surface area contributed by atoms with Gasteiger partial charge >= 0.3 is 0 Å². The van der Waals surface area contributed by atoms with Crippen molar-refractivity contribution in [2.24, 2.45) is 0 Å². The smallest absolute Gasteiger partial charge is 0.254 e. The average molecular weight is 483 g/mol. The Morgan fingerprint density at radius 2 is 1.88 bits per heavy atom. The summed E-state index contributed by atoms with van der Waals surface area (Å²) in [7, 11) is 0. The standard InChI is InChI=1S/C25H34N6O2S/c1-6-7-26-23(32)15-29-8-10-30(11-9-29)25(33)20-13-22(19-12-17(4)34-18(19)5)28-24-21(20)14-27-31(24)16(2)3/h12-14,16H,6-11,15H2,1-5H3,(H,26,32). The van der Waals surface area contributed by atoms with Gasteiger partial charge in [-0.05, 0) is 46.2 Å². The zero-order chi connectivity index (χ0) is 24.4. The van der Waals surface area contributed by atoms with Crippen LogP contribution in [0, 0.1) is 13.8 Å². The lowest BCUT2D eigenvalue weighted by molar-refractivity contribution is -0.122. The number of carbonyl (C=O) groups excluding carboxylic acids is 2. The summed E-state index contributed by atoms with van der Waals surface area (Å²) < 4.78 is 1.89. The fraction of sp³-hybridized carbons (Fsp3) is 0.520. The zero-order valence-electron chi connectivity index (χ0n) is 20.7. The maximum Gasteiger partial charge on any atom is 0.254 e. The third kappa shape index (κ3) is 5.00. The van der Waals surface area contributed by atoms with E-state index in [1.807, 2.05) is 22.6 Å². The molecule has 9 heteroatoms. The number of amides is 2. The molecule has 8 nitrogen and oxygen atoms in total. The van der Waals surface area contributed by atoms with Gasteiger partial charge < -0.3 is 10.2 Å². The van der Waals surface area contributed by atoms with Gasteiger partial charge in [-0.25, -0.2) is 9.67 Å².